The van der Waals surface area contributed by atoms with Crippen molar-refractivity contribution in [1.82, 2.24) is 0 Å². The second-order valence-corrected chi connectivity index (χ2v) is 3.36. The lowest BCUT2D eigenvalue weighted by atomic mass is 10.1. The SMILES string of the molecule is O=C=NC(C(=O)O)c1ccc2c(c1)OCCO2. The van der Waals surface area contributed by atoms with Gasteiger partial charge in [-0.25, -0.2) is 9.59 Å². The molecule has 1 aliphatic rings. The third kappa shape index (κ3) is 2.26. The first kappa shape index (κ1) is 11.2. The summed E-state index contributed by atoms with van der Waals surface area (Å²) in [6.07, 6.45) is 1.25. The van der Waals surface area contributed by atoms with Crippen molar-refractivity contribution in [3.05, 3.63) is 23.8 Å². The average Bonchev–Trinajstić information content (AvgIpc) is 2.35. The van der Waals surface area contributed by atoms with Gasteiger partial charge in [0, 0.05) is 0 Å². The number of isocyanates is 1. The molecule has 1 heterocycles. The van der Waals surface area contributed by atoms with Gasteiger partial charge in [-0.3, -0.25) is 0 Å². The second-order valence-electron chi connectivity index (χ2n) is 3.36. The van der Waals surface area contributed by atoms with Gasteiger partial charge >= 0.3 is 5.97 Å². The first-order valence-electron chi connectivity index (χ1n) is 4.91. The van der Waals surface area contributed by atoms with E-state index < -0.39 is 12.0 Å². The predicted molar refractivity (Wildman–Crippen MR) is 55.9 cm³/mol. The third-order valence-electron chi connectivity index (χ3n) is 2.30. The van der Waals surface area contributed by atoms with Crippen molar-refractivity contribution < 1.29 is 24.2 Å². The number of hydrogen-bond acceptors (Lipinski definition) is 5. The number of carboxylic acid groups (broad SMARTS) is 1. The standard InChI is InChI=1S/C11H9NO5/c13-6-12-10(11(14)15)7-1-2-8-9(5-7)17-4-3-16-8/h1-2,5,10H,3-4H2,(H,14,15). The van der Waals surface area contributed by atoms with Crippen molar-refractivity contribution in [1.29, 1.82) is 0 Å². The highest BCUT2D eigenvalue weighted by molar-refractivity contribution is 5.77. The highest BCUT2D eigenvalue weighted by atomic mass is 16.6. The molecule has 0 aromatic heterocycles. The summed E-state index contributed by atoms with van der Waals surface area (Å²) in [5.41, 5.74) is 0.352. The molecule has 0 amide bonds. The van der Waals surface area contributed by atoms with Crippen LogP contribution in [0.25, 0.3) is 0 Å². The predicted octanol–water partition coefficient (Wildman–Crippen LogP) is 0.919. The van der Waals surface area contributed by atoms with Gasteiger partial charge < -0.3 is 14.6 Å². The summed E-state index contributed by atoms with van der Waals surface area (Å²) in [4.78, 5) is 24.3. The number of aliphatic imine (C=N–C) groups is 1. The summed E-state index contributed by atoms with van der Waals surface area (Å²) < 4.78 is 10.6. The molecule has 0 saturated heterocycles. The Morgan fingerprint density at radius 2 is 2.06 bits per heavy atom. The fourth-order valence-corrected chi connectivity index (χ4v) is 1.56. The van der Waals surface area contributed by atoms with Gasteiger partial charge in [0.2, 0.25) is 6.08 Å². The Hall–Kier alpha value is -2.33. The zero-order valence-electron chi connectivity index (χ0n) is 8.75. The Bertz CT molecular complexity index is 491. The minimum atomic E-state index is -1.26. The zero-order chi connectivity index (χ0) is 12.3. The molecule has 17 heavy (non-hydrogen) atoms. The van der Waals surface area contributed by atoms with Gasteiger partial charge in [-0.1, -0.05) is 6.07 Å². The molecule has 1 aliphatic heterocycles. The molecule has 1 aromatic carbocycles. The molecular weight excluding hydrogens is 226 g/mol. The molecule has 0 fully saturated rings. The van der Waals surface area contributed by atoms with Crippen LogP contribution in [0.2, 0.25) is 0 Å². The summed E-state index contributed by atoms with van der Waals surface area (Å²) in [7, 11) is 0. The molecule has 6 nitrogen and oxygen atoms in total. The van der Waals surface area contributed by atoms with Crippen molar-refractivity contribution >= 4 is 12.0 Å². The Balaban J connectivity index is 2.38. The van der Waals surface area contributed by atoms with Crippen LogP contribution in [0.1, 0.15) is 11.6 Å². The fourth-order valence-electron chi connectivity index (χ4n) is 1.56. The van der Waals surface area contributed by atoms with Gasteiger partial charge in [-0.15, -0.1) is 0 Å². The minimum absolute atomic E-state index is 0.352. The zero-order valence-corrected chi connectivity index (χ0v) is 8.75. The minimum Gasteiger partial charge on any atom is -0.486 e. The van der Waals surface area contributed by atoms with Crippen LogP contribution >= 0.6 is 0 Å². The summed E-state index contributed by atoms with van der Waals surface area (Å²) >= 11 is 0. The molecule has 1 atom stereocenters. The monoisotopic (exact) mass is 235 g/mol. The number of carbonyl (C=O) groups excluding carboxylic acids is 1. The molecule has 0 saturated carbocycles. The number of hydrogen-bond donors (Lipinski definition) is 1. The largest absolute Gasteiger partial charge is 0.486 e. The first-order chi connectivity index (χ1) is 8.22. The molecule has 2 rings (SSSR count). The number of carboxylic acids is 1. The highest BCUT2D eigenvalue weighted by Crippen LogP contribution is 2.33. The maximum absolute atomic E-state index is 10.9. The molecule has 0 bridgehead atoms. The second kappa shape index (κ2) is 4.67. The lowest BCUT2D eigenvalue weighted by Gasteiger charge is -2.19. The maximum Gasteiger partial charge on any atom is 0.334 e. The fraction of sp³-hybridized carbons (Fsp3) is 0.273. The Morgan fingerprint density at radius 3 is 2.71 bits per heavy atom. The van der Waals surface area contributed by atoms with Crippen LogP contribution in [0.15, 0.2) is 23.2 Å². The Kier molecular flexibility index (Phi) is 3.07. The van der Waals surface area contributed by atoms with Crippen molar-refractivity contribution in [3.8, 4) is 11.5 Å². The van der Waals surface area contributed by atoms with E-state index >= 15 is 0 Å². The molecule has 1 unspecified atom stereocenters. The van der Waals surface area contributed by atoms with Crippen molar-refractivity contribution in [3.63, 3.8) is 0 Å². The van der Waals surface area contributed by atoms with Crippen LogP contribution in [-0.4, -0.2) is 30.4 Å². The third-order valence-corrected chi connectivity index (χ3v) is 2.30. The van der Waals surface area contributed by atoms with Crippen LogP contribution in [0.4, 0.5) is 0 Å². The number of ether oxygens (including phenoxy) is 2. The first-order valence-corrected chi connectivity index (χ1v) is 4.91. The molecular formula is C11H9NO5. The number of aliphatic carboxylic acids is 1. The van der Waals surface area contributed by atoms with Crippen molar-refractivity contribution in [2.24, 2.45) is 4.99 Å². The van der Waals surface area contributed by atoms with Crippen LogP contribution < -0.4 is 9.47 Å². The van der Waals surface area contributed by atoms with E-state index in [2.05, 4.69) is 4.99 Å². The quantitative estimate of drug-likeness (QED) is 0.622. The summed E-state index contributed by atoms with van der Waals surface area (Å²) in [6.45, 7) is 0.867. The van der Waals surface area contributed by atoms with Crippen molar-refractivity contribution in [2.45, 2.75) is 6.04 Å². The number of fused-ring (bicyclic) bond motifs is 1. The molecule has 0 radical (unpaired) electrons. The summed E-state index contributed by atoms with van der Waals surface area (Å²) in [5, 5.41) is 8.92. The van der Waals surface area contributed by atoms with E-state index in [1.807, 2.05) is 0 Å². The number of carbonyl (C=O) groups is 1. The smallest absolute Gasteiger partial charge is 0.334 e. The van der Waals surface area contributed by atoms with Crippen LogP contribution in [-0.2, 0) is 9.59 Å². The van der Waals surface area contributed by atoms with Gasteiger partial charge in [0.1, 0.15) is 13.2 Å². The number of benzene rings is 1. The topological polar surface area (TPSA) is 85.2 Å². The molecule has 1 N–H and O–H groups in total. The average molecular weight is 235 g/mol. The van der Waals surface area contributed by atoms with E-state index in [-0.39, 0.29) is 0 Å². The van der Waals surface area contributed by atoms with E-state index in [0.29, 0.717) is 30.3 Å². The Labute approximate surface area is 96.5 Å². The number of nitrogens with zero attached hydrogens (tertiary/aromatic N) is 1. The van der Waals surface area contributed by atoms with Gasteiger partial charge in [-0.2, -0.15) is 4.99 Å². The van der Waals surface area contributed by atoms with Crippen LogP contribution in [0, 0.1) is 0 Å². The van der Waals surface area contributed by atoms with Crippen LogP contribution in [0.5, 0.6) is 11.5 Å². The lowest BCUT2D eigenvalue weighted by molar-refractivity contribution is -0.138. The van der Waals surface area contributed by atoms with Gasteiger partial charge in [0.25, 0.3) is 0 Å². The molecule has 0 spiro atoms. The van der Waals surface area contributed by atoms with Gasteiger partial charge in [0.05, 0.1) is 0 Å². The van der Waals surface area contributed by atoms with E-state index in [0.717, 1.165) is 0 Å². The van der Waals surface area contributed by atoms with Crippen molar-refractivity contribution in [2.75, 3.05) is 13.2 Å². The van der Waals surface area contributed by atoms with Crippen LogP contribution in [0.3, 0.4) is 0 Å². The molecule has 88 valence electrons. The Morgan fingerprint density at radius 1 is 1.35 bits per heavy atom. The van der Waals surface area contributed by atoms with E-state index in [9.17, 15) is 9.59 Å². The number of rotatable bonds is 3. The summed E-state index contributed by atoms with van der Waals surface area (Å²) in [6, 6.07) is 3.38. The van der Waals surface area contributed by atoms with E-state index in [1.54, 1.807) is 6.07 Å². The maximum atomic E-state index is 10.9. The molecule has 1 aromatic rings. The summed E-state index contributed by atoms with van der Waals surface area (Å²) in [5.74, 6) is -0.203. The normalized spacial score (nSPS) is 14.6. The van der Waals surface area contributed by atoms with E-state index in [1.165, 1.54) is 18.2 Å². The molecule has 6 heteroatoms. The lowest BCUT2D eigenvalue weighted by Crippen LogP contribution is -2.16. The van der Waals surface area contributed by atoms with E-state index in [4.69, 9.17) is 14.6 Å². The van der Waals surface area contributed by atoms with Gasteiger partial charge in [-0.05, 0) is 17.7 Å². The highest BCUT2D eigenvalue weighted by Gasteiger charge is 2.21. The molecule has 0 aliphatic carbocycles. The van der Waals surface area contributed by atoms with Gasteiger partial charge in [0.15, 0.2) is 17.5 Å².